The first-order valence-electron chi connectivity index (χ1n) is 5.24. The Labute approximate surface area is 96.6 Å². The highest BCUT2D eigenvalue weighted by Gasteiger charge is 2.03. The lowest BCUT2D eigenvalue weighted by molar-refractivity contribution is 0.415. The van der Waals surface area contributed by atoms with E-state index in [0.717, 1.165) is 12.2 Å². The molecule has 84 valence electrons. The van der Waals surface area contributed by atoms with Crippen LogP contribution in [0.2, 0.25) is 5.02 Å². The Morgan fingerprint density at radius 1 is 1.47 bits per heavy atom. The average Bonchev–Trinajstić information content (AvgIpc) is 2.27. The van der Waals surface area contributed by atoms with Gasteiger partial charge in [-0.05, 0) is 18.1 Å². The van der Waals surface area contributed by atoms with Gasteiger partial charge in [0.1, 0.15) is 5.75 Å². The molecule has 0 saturated heterocycles. The van der Waals surface area contributed by atoms with Crippen molar-refractivity contribution in [3.63, 3.8) is 0 Å². The summed E-state index contributed by atoms with van der Waals surface area (Å²) in [6.07, 6.45) is 1.18. The maximum absolute atomic E-state index is 5.93. The second-order valence-corrected chi connectivity index (χ2v) is 4.15. The molecule has 0 aliphatic carbocycles. The lowest BCUT2D eigenvalue weighted by Crippen LogP contribution is -2.10. The van der Waals surface area contributed by atoms with Crippen molar-refractivity contribution < 1.29 is 4.74 Å². The van der Waals surface area contributed by atoms with E-state index in [-0.39, 0.29) is 0 Å². The van der Waals surface area contributed by atoms with Crippen LogP contribution in [0.1, 0.15) is 20.3 Å². The summed E-state index contributed by atoms with van der Waals surface area (Å²) in [6, 6.07) is 5.73. The van der Waals surface area contributed by atoms with Crippen molar-refractivity contribution >= 4 is 17.3 Å². The lowest BCUT2D eigenvalue weighted by atomic mass is 10.1. The van der Waals surface area contributed by atoms with Crippen molar-refractivity contribution in [1.82, 2.24) is 0 Å². The maximum atomic E-state index is 5.93. The molecule has 1 atom stereocenters. The number of nitrogens with one attached hydrogen (secondary N) is 1. The minimum Gasteiger partial charge on any atom is -0.495 e. The standard InChI is InChI=1S/C12H18ClNO/c1-4-9(2)8-14-10-5-6-11(13)12(7-10)15-3/h5-7,9,14H,4,8H2,1-3H3. The fraction of sp³-hybridized carbons (Fsp3) is 0.500. The van der Waals surface area contributed by atoms with Crippen LogP contribution in [0, 0.1) is 5.92 Å². The van der Waals surface area contributed by atoms with Crippen molar-refractivity contribution in [3.8, 4) is 5.75 Å². The Morgan fingerprint density at radius 3 is 2.80 bits per heavy atom. The van der Waals surface area contributed by atoms with Gasteiger partial charge in [-0.3, -0.25) is 0 Å². The molecule has 0 aromatic heterocycles. The predicted molar refractivity (Wildman–Crippen MR) is 65.9 cm³/mol. The van der Waals surface area contributed by atoms with E-state index in [4.69, 9.17) is 16.3 Å². The number of hydrogen-bond donors (Lipinski definition) is 1. The second kappa shape index (κ2) is 5.86. The van der Waals surface area contributed by atoms with Gasteiger partial charge in [0.25, 0.3) is 0 Å². The van der Waals surface area contributed by atoms with Gasteiger partial charge in [-0.15, -0.1) is 0 Å². The highest BCUT2D eigenvalue weighted by atomic mass is 35.5. The van der Waals surface area contributed by atoms with Crippen LogP contribution in [-0.2, 0) is 0 Å². The Balaban J connectivity index is 2.62. The normalized spacial score (nSPS) is 12.3. The summed E-state index contributed by atoms with van der Waals surface area (Å²) >= 11 is 5.93. The van der Waals surface area contributed by atoms with Crippen LogP contribution in [0.25, 0.3) is 0 Å². The van der Waals surface area contributed by atoms with Gasteiger partial charge < -0.3 is 10.1 Å². The highest BCUT2D eigenvalue weighted by molar-refractivity contribution is 6.32. The van der Waals surface area contributed by atoms with E-state index in [9.17, 15) is 0 Å². The minimum atomic E-state index is 0.645. The Bertz CT molecular complexity index is 314. The maximum Gasteiger partial charge on any atom is 0.139 e. The fourth-order valence-electron chi connectivity index (χ4n) is 1.21. The van der Waals surface area contributed by atoms with Crippen LogP contribution < -0.4 is 10.1 Å². The third-order valence-electron chi connectivity index (χ3n) is 2.50. The molecule has 1 aromatic rings. The molecule has 0 bridgehead atoms. The highest BCUT2D eigenvalue weighted by Crippen LogP contribution is 2.27. The molecule has 0 fully saturated rings. The average molecular weight is 228 g/mol. The molecule has 1 N–H and O–H groups in total. The van der Waals surface area contributed by atoms with Gasteiger partial charge in [0, 0.05) is 18.3 Å². The summed E-state index contributed by atoms with van der Waals surface area (Å²) in [6.45, 7) is 5.39. The zero-order valence-electron chi connectivity index (χ0n) is 9.51. The van der Waals surface area contributed by atoms with E-state index in [0.29, 0.717) is 16.7 Å². The van der Waals surface area contributed by atoms with E-state index in [1.54, 1.807) is 7.11 Å². The molecule has 15 heavy (non-hydrogen) atoms. The number of benzene rings is 1. The van der Waals surface area contributed by atoms with Gasteiger partial charge in [-0.1, -0.05) is 31.9 Å². The minimum absolute atomic E-state index is 0.645. The Hall–Kier alpha value is -0.890. The molecule has 0 aliphatic rings. The zero-order chi connectivity index (χ0) is 11.3. The number of anilines is 1. The molecule has 1 rings (SSSR count). The quantitative estimate of drug-likeness (QED) is 0.826. The summed E-state index contributed by atoms with van der Waals surface area (Å²) in [7, 11) is 1.62. The summed E-state index contributed by atoms with van der Waals surface area (Å²) in [5.41, 5.74) is 1.05. The number of rotatable bonds is 5. The van der Waals surface area contributed by atoms with E-state index in [1.165, 1.54) is 6.42 Å². The molecule has 0 saturated carbocycles. The monoisotopic (exact) mass is 227 g/mol. The van der Waals surface area contributed by atoms with Crippen LogP contribution in [-0.4, -0.2) is 13.7 Å². The van der Waals surface area contributed by atoms with Crippen LogP contribution >= 0.6 is 11.6 Å². The number of methoxy groups -OCH3 is 1. The van der Waals surface area contributed by atoms with Gasteiger partial charge in [0.05, 0.1) is 12.1 Å². The van der Waals surface area contributed by atoms with E-state index in [2.05, 4.69) is 19.2 Å². The molecular formula is C12H18ClNO. The van der Waals surface area contributed by atoms with Gasteiger partial charge in [0.15, 0.2) is 0 Å². The van der Waals surface area contributed by atoms with Gasteiger partial charge >= 0.3 is 0 Å². The van der Waals surface area contributed by atoms with Crippen molar-refractivity contribution in [3.05, 3.63) is 23.2 Å². The lowest BCUT2D eigenvalue weighted by Gasteiger charge is -2.12. The molecule has 2 nitrogen and oxygen atoms in total. The van der Waals surface area contributed by atoms with Gasteiger partial charge in [-0.2, -0.15) is 0 Å². The van der Waals surface area contributed by atoms with Gasteiger partial charge in [0.2, 0.25) is 0 Å². The summed E-state index contributed by atoms with van der Waals surface area (Å²) in [5, 5.41) is 4.00. The third kappa shape index (κ3) is 3.63. The van der Waals surface area contributed by atoms with E-state index < -0.39 is 0 Å². The second-order valence-electron chi connectivity index (χ2n) is 3.74. The summed E-state index contributed by atoms with van der Waals surface area (Å²) in [5.74, 6) is 1.39. The smallest absolute Gasteiger partial charge is 0.139 e. The number of halogens is 1. The van der Waals surface area contributed by atoms with Crippen LogP contribution in [0.15, 0.2) is 18.2 Å². The molecule has 1 aromatic carbocycles. The molecule has 0 spiro atoms. The molecule has 0 amide bonds. The van der Waals surface area contributed by atoms with Crippen LogP contribution in [0.4, 0.5) is 5.69 Å². The number of hydrogen-bond acceptors (Lipinski definition) is 2. The van der Waals surface area contributed by atoms with Crippen molar-refractivity contribution in [2.24, 2.45) is 5.92 Å². The summed E-state index contributed by atoms with van der Waals surface area (Å²) in [4.78, 5) is 0. The molecule has 3 heteroatoms. The number of ether oxygens (including phenoxy) is 1. The first-order chi connectivity index (χ1) is 7.17. The third-order valence-corrected chi connectivity index (χ3v) is 2.81. The van der Waals surface area contributed by atoms with Gasteiger partial charge in [-0.25, -0.2) is 0 Å². The Kier molecular flexibility index (Phi) is 4.76. The first kappa shape index (κ1) is 12.2. The molecule has 0 heterocycles. The van der Waals surface area contributed by atoms with Crippen LogP contribution in [0.5, 0.6) is 5.75 Å². The predicted octanol–water partition coefficient (Wildman–Crippen LogP) is 3.81. The molecule has 0 radical (unpaired) electrons. The Morgan fingerprint density at radius 2 is 2.20 bits per heavy atom. The molecular weight excluding hydrogens is 210 g/mol. The summed E-state index contributed by atoms with van der Waals surface area (Å²) < 4.78 is 5.15. The largest absolute Gasteiger partial charge is 0.495 e. The topological polar surface area (TPSA) is 21.3 Å². The van der Waals surface area contributed by atoms with Crippen molar-refractivity contribution in [1.29, 1.82) is 0 Å². The molecule has 0 aliphatic heterocycles. The SMILES string of the molecule is CCC(C)CNc1ccc(Cl)c(OC)c1. The zero-order valence-corrected chi connectivity index (χ0v) is 10.3. The van der Waals surface area contributed by atoms with E-state index in [1.807, 2.05) is 18.2 Å². The van der Waals surface area contributed by atoms with E-state index >= 15 is 0 Å². The molecule has 1 unspecified atom stereocenters. The fourth-order valence-corrected chi connectivity index (χ4v) is 1.40. The van der Waals surface area contributed by atoms with Crippen molar-refractivity contribution in [2.75, 3.05) is 19.0 Å². The first-order valence-corrected chi connectivity index (χ1v) is 5.62. The van der Waals surface area contributed by atoms with Crippen LogP contribution in [0.3, 0.4) is 0 Å². The van der Waals surface area contributed by atoms with Crippen molar-refractivity contribution in [2.45, 2.75) is 20.3 Å².